The molecule has 1 heterocycles. The van der Waals surface area contributed by atoms with Gasteiger partial charge in [0.1, 0.15) is 5.84 Å². The summed E-state index contributed by atoms with van der Waals surface area (Å²) < 4.78 is 2.33. The molecule has 1 aromatic heterocycles. The van der Waals surface area contributed by atoms with Crippen LogP contribution in [0.25, 0.3) is 33.6 Å². The Balaban J connectivity index is 2.08. The van der Waals surface area contributed by atoms with Crippen LogP contribution in [0, 0.1) is 6.92 Å². The number of aryl methyl sites for hydroxylation is 1. The Morgan fingerprint density at radius 3 is 2.26 bits per heavy atom. The third kappa shape index (κ3) is 2.72. The first-order chi connectivity index (χ1) is 13.2. The van der Waals surface area contributed by atoms with Crippen molar-refractivity contribution in [3.05, 3.63) is 83.4 Å². The Morgan fingerprint density at radius 1 is 0.926 bits per heavy atom. The van der Waals surface area contributed by atoms with Crippen LogP contribution in [0.15, 0.2) is 71.7 Å². The zero-order chi connectivity index (χ0) is 19.0. The van der Waals surface area contributed by atoms with Gasteiger partial charge in [0, 0.05) is 29.1 Å². The number of hydrogen-bond donors (Lipinski definition) is 1. The molecular formula is C24H23N3. The SMILES string of the molecule is C/C=C\c1cccc2c1c1c(C)cccc1n2-c1ccc(C(N)=NC)cc1. The van der Waals surface area contributed by atoms with Crippen molar-refractivity contribution in [2.75, 3.05) is 7.05 Å². The van der Waals surface area contributed by atoms with Crippen molar-refractivity contribution in [2.45, 2.75) is 13.8 Å². The van der Waals surface area contributed by atoms with Crippen molar-refractivity contribution >= 4 is 33.7 Å². The van der Waals surface area contributed by atoms with Gasteiger partial charge in [-0.25, -0.2) is 0 Å². The lowest BCUT2D eigenvalue weighted by atomic mass is 10.0. The number of allylic oxidation sites excluding steroid dienone is 1. The van der Waals surface area contributed by atoms with Crippen LogP contribution in [0.1, 0.15) is 23.6 Å². The summed E-state index contributed by atoms with van der Waals surface area (Å²) in [5.74, 6) is 0.551. The average Bonchev–Trinajstić information content (AvgIpc) is 3.04. The molecule has 134 valence electrons. The number of aromatic nitrogens is 1. The molecule has 0 atom stereocenters. The van der Waals surface area contributed by atoms with E-state index in [-0.39, 0.29) is 0 Å². The second-order valence-corrected chi connectivity index (χ2v) is 6.70. The predicted octanol–water partition coefficient (Wildman–Crippen LogP) is 5.46. The largest absolute Gasteiger partial charge is 0.384 e. The van der Waals surface area contributed by atoms with Gasteiger partial charge >= 0.3 is 0 Å². The summed E-state index contributed by atoms with van der Waals surface area (Å²) in [4.78, 5) is 4.07. The smallest absolute Gasteiger partial charge is 0.125 e. The number of fused-ring (bicyclic) bond motifs is 3. The second kappa shape index (κ2) is 6.76. The van der Waals surface area contributed by atoms with Gasteiger partial charge in [-0.1, -0.05) is 36.4 Å². The summed E-state index contributed by atoms with van der Waals surface area (Å²) in [5.41, 5.74) is 13.0. The molecule has 2 N–H and O–H groups in total. The van der Waals surface area contributed by atoms with Gasteiger partial charge in [-0.3, -0.25) is 4.99 Å². The van der Waals surface area contributed by atoms with Crippen molar-refractivity contribution in [3.63, 3.8) is 0 Å². The summed E-state index contributed by atoms with van der Waals surface area (Å²) in [6, 6.07) is 21.3. The molecule has 0 aliphatic carbocycles. The molecule has 3 heteroatoms. The molecule has 4 rings (SSSR count). The molecule has 0 aliphatic rings. The molecule has 0 radical (unpaired) electrons. The minimum absolute atomic E-state index is 0.551. The van der Waals surface area contributed by atoms with Gasteiger partial charge in [-0.15, -0.1) is 0 Å². The summed E-state index contributed by atoms with van der Waals surface area (Å²) in [6.45, 7) is 4.24. The van der Waals surface area contributed by atoms with Gasteiger partial charge in [-0.2, -0.15) is 0 Å². The first-order valence-corrected chi connectivity index (χ1v) is 9.14. The fourth-order valence-electron chi connectivity index (χ4n) is 3.82. The maximum atomic E-state index is 5.95. The highest BCUT2D eigenvalue weighted by Crippen LogP contribution is 2.36. The Hall–Kier alpha value is -3.33. The van der Waals surface area contributed by atoms with Crippen LogP contribution >= 0.6 is 0 Å². The molecule has 0 spiro atoms. The van der Waals surface area contributed by atoms with Crippen LogP contribution in [0.3, 0.4) is 0 Å². The lowest BCUT2D eigenvalue weighted by Gasteiger charge is -2.09. The van der Waals surface area contributed by atoms with E-state index in [2.05, 4.69) is 84.1 Å². The topological polar surface area (TPSA) is 43.3 Å². The zero-order valence-electron chi connectivity index (χ0n) is 15.9. The monoisotopic (exact) mass is 353 g/mol. The molecule has 0 saturated heterocycles. The summed E-state index contributed by atoms with van der Waals surface area (Å²) in [5, 5.41) is 2.60. The molecule has 0 unspecified atom stereocenters. The maximum Gasteiger partial charge on any atom is 0.125 e. The predicted molar refractivity (Wildman–Crippen MR) is 117 cm³/mol. The van der Waals surface area contributed by atoms with E-state index in [9.17, 15) is 0 Å². The molecule has 0 aliphatic heterocycles. The van der Waals surface area contributed by atoms with E-state index in [0.717, 1.165) is 11.3 Å². The number of nitrogens with zero attached hydrogens (tertiary/aromatic N) is 2. The van der Waals surface area contributed by atoms with Gasteiger partial charge in [0.05, 0.1) is 11.0 Å². The minimum Gasteiger partial charge on any atom is -0.384 e. The summed E-state index contributed by atoms with van der Waals surface area (Å²) in [7, 11) is 1.71. The highest BCUT2D eigenvalue weighted by Gasteiger charge is 2.15. The van der Waals surface area contributed by atoms with Gasteiger partial charge in [0.15, 0.2) is 0 Å². The third-order valence-corrected chi connectivity index (χ3v) is 5.07. The van der Waals surface area contributed by atoms with E-state index < -0.39 is 0 Å². The van der Waals surface area contributed by atoms with Crippen LogP contribution in [0.4, 0.5) is 0 Å². The summed E-state index contributed by atoms with van der Waals surface area (Å²) >= 11 is 0. The van der Waals surface area contributed by atoms with Crippen LogP contribution in [-0.4, -0.2) is 17.5 Å². The Morgan fingerprint density at radius 2 is 1.59 bits per heavy atom. The van der Waals surface area contributed by atoms with Crippen molar-refractivity contribution in [1.82, 2.24) is 4.57 Å². The van der Waals surface area contributed by atoms with E-state index in [1.807, 2.05) is 12.1 Å². The number of rotatable bonds is 3. The van der Waals surface area contributed by atoms with Crippen LogP contribution < -0.4 is 5.73 Å². The second-order valence-electron chi connectivity index (χ2n) is 6.70. The number of aliphatic imine (C=N–C) groups is 1. The van der Waals surface area contributed by atoms with Crippen LogP contribution in [0.2, 0.25) is 0 Å². The van der Waals surface area contributed by atoms with Crippen molar-refractivity contribution < 1.29 is 0 Å². The first-order valence-electron chi connectivity index (χ1n) is 9.14. The van der Waals surface area contributed by atoms with E-state index >= 15 is 0 Å². The molecule has 3 aromatic carbocycles. The molecular weight excluding hydrogens is 330 g/mol. The van der Waals surface area contributed by atoms with Gasteiger partial charge in [0.25, 0.3) is 0 Å². The summed E-state index contributed by atoms with van der Waals surface area (Å²) in [6.07, 6.45) is 4.28. The van der Waals surface area contributed by atoms with E-state index in [1.165, 1.54) is 32.9 Å². The number of amidine groups is 1. The van der Waals surface area contributed by atoms with E-state index in [0.29, 0.717) is 5.84 Å². The minimum atomic E-state index is 0.551. The van der Waals surface area contributed by atoms with Crippen molar-refractivity contribution in [2.24, 2.45) is 10.7 Å². The molecule has 0 amide bonds. The van der Waals surface area contributed by atoms with E-state index in [1.54, 1.807) is 7.05 Å². The van der Waals surface area contributed by atoms with E-state index in [4.69, 9.17) is 5.73 Å². The molecule has 0 bridgehead atoms. The number of nitrogens with two attached hydrogens (primary N) is 1. The Bertz CT molecular complexity index is 1190. The van der Waals surface area contributed by atoms with Gasteiger partial charge < -0.3 is 10.3 Å². The molecule has 27 heavy (non-hydrogen) atoms. The standard InChI is InChI=1S/C24H23N3/c1-4-7-17-9-6-11-21-23(17)22-16(2)8-5-10-20(22)27(21)19-14-12-18(13-15-19)24(25)26-3/h4-15H,1-3H3,(H2,25,26)/b7-4-. The lowest BCUT2D eigenvalue weighted by Crippen LogP contribution is -2.12. The zero-order valence-corrected chi connectivity index (χ0v) is 15.9. The molecule has 0 saturated carbocycles. The fraction of sp³-hybridized carbons (Fsp3) is 0.125. The Labute approximate surface area is 159 Å². The highest BCUT2D eigenvalue weighted by atomic mass is 15.0. The number of benzene rings is 3. The first kappa shape index (κ1) is 17.1. The van der Waals surface area contributed by atoms with Crippen LogP contribution in [0.5, 0.6) is 0 Å². The van der Waals surface area contributed by atoms with Crippen molar-refractivity contribution in [1.29, 1.82) is 0 Å². The number of hydrogen-bond acceptors (Lipinski definition) is 1. The third-order valence-electron chi connectivity index (χ3n) is 5.07. The molecule has 0 fully saturated rings. The normalized spacial score (nSPS) is 12.5. The van der Waals surface area contributed by atoms with Gasteiger partial charge in [0.2, 0.25) is 0 Å². The lowest BCUT2D eigenvalue weighted by molar-refractivity contribution is 1.18. The molecule has 4 aromatic rings. The maximum absolute atomic E-state index is 5.95. The highest BCUT2D eigenvalue weighted by molar-refractivity contribution is 6.14. The molecule has 3 nitrogen and oxygen atoms in total. The fourth-order valence-corrected chi connectivity index (χ4v) is 3.82. The van der Waals surface area contributed by atoms with Gasteiger partial charge in [-0.05, 0) is 61.4 Å². The Kier molecular flexibility index (Phi) is 4.28. The average molecular weight is 353 g/mol. The van der Waals surface area contributed by atoms with Crippen molar-refractivity contribution in [3.8, 4) is 5.69 Å². The quantitative estimate of drug-likeness (QED) is 0.386. The van der Waals surface area contributed by atoms with Crippen LogP contribution in [-0.2, 0) is 0 Å².